The van der Waals surface area contributed by atoms with Crippen molar-refractivity contribution < 1.29 is 19.0 Å². The van der Waals surface area contributed by atoms with Gasteiger partial charge in [0.05, 0.1) is 19.8 Å². The second-order valence-corrected chi connectivity index (χ2v) is 5.28. The van der Waals surface area contributed by atoms with E-state index in [1.165, 1.54) is 0 Å². The molecule has 1 aliphatic heterocycles. The van der Waals surface area contributed by atoms with E-state index in [1.54, 1.807) is 37.0 Å². The van der Waals surface area contributed by atoms with E-state index in [2.05, 4.69) is 10.1 Å². The fraction of sp³-hybridized carbons (Fsp3) is 0.438. The van der Waals surface area contributed by atoms with Gasteiger partial charge in [0.15, 0.2) is 0 Å². The Morgan fingerprint density at radius 2 is 2.35 bits per heavy atom. The van der Waals surface area contributed by atoms with Crippen molar-refractivity contribution in [3.63, 3.8) is 0 Å². The SMILES string of the molecule is CCOC(=O)c1c(-c2ccnc(OC)c2)nn2c1O[C@H](C)CC2. The number of carbonyl (C=O) groups excluding carboxylic acids is 1. The lowest BCUT2D eigenvalue weighted by Gasteiger charge is -2.21. The third-order valence-electron chi connectivity index (χ3n) is 3.66. The van der Waals surface area contributed by atoms with Gasteiger partial charge in [0.25, 0.3) is 0 Å². The van der Waals surface area contributed by atoms with Crippen LogP contribution in [0.1, 0.15) is 30.6 Å². The molecular weight excluding hydrogens is 298 g/mol. The summed E-state index contributed by atoms with van der Waals surface area (Å²) in [5.41, 5.74) is 1.61. The second-order valence-electron chi connectivity index (χ2n) is 5.28. The second kappa shape index (κ2) is 6.28. The smallest absolute Gasteiger partial charge is 0.345 e. The average molecular weight is 317 g/mol. The number of esters is 1. The highest BCUT2D eigenvalue weighted by atomic mass is 16.5. The standard InChI is InChI=1S/C16H19N3O4/c1-4-22-16(20)13-14(11-5-7-17-12(9-11)21-3)18-19-8-6-10(2)23-15(13)19/h5,7,9-10H,4,6,8H2,1-3H3/t10-/m1/s1. The minimum atomic E-state index is -0.436. The van der Waals surface area contributed by atoms with Crippen LogP contribution in [0.5, 0.6) is 11.8 Å². The first kappa shape index (κ1) is 15.3. The van der Waals surface area contributed by atoms with E-state index in [0.29, 0.717) is 29.6 Å². The summed E-state index contributed by atoms with van der Waals surface area (Å²) in [6.45, 7) is 4.73. The molecule has 0 N–H and O–H groups in total. The van der Waals surface area contributed by atoms with Gasteiger partial charge in [-0.25, -0.2) is 14.5 Å². The van der Waals surface area contributed by atoms with E-state index in [-0.39, 0.29) is 12.7 Å². The first-order chi connectivity index (χ1) is 11.1. The number of hydrogen-bond donors (Lipinski definition) is 0. The largest absolute Gasteiger partial charge is 0.481 e. The molecule has 2 aromatic rings. The number of aromatic nitrogens is 3. The van der Waals surface area contributed by atoms with Gasteiger partial charge in [0.2, 0.25) is 11.8 Å². The number of hydrogen-bond acceptors (Lipinski definition) is 6. The van der Waals surface area contributed by atoms with Crippen LogP contribution in [0.15, 0.2) is 18.3 Å². The number of ether oxygens (including phenoxy) is 3. The van der Waals surface area contributed by atoms with Gasteiger partial charge >= 0.3 is 5.97 Å². The van der Waals surface area contributed by atoms with Crippen molar-refractivity contribution in [3.8, 4) is 23.0 Å². The summed E-state index contributed by atoms with van der Waals surface area (Å²) in [6.07, 6.45) is 2.49. The van der Waals surface area contributed by atoms with Crippen LogP contribution in [0.2, 0.25) is 0 Å². The minimum absolute atomic E-state index is 0.0344. The molecule has 0 saturated heterocycles. The molecule has 0 unspecified atom stereocenters. The van der Waals surface area contributed by atoms with Gasteiger partial charge in [-0.3, -0.25) is 0 Å². The van der Waals surface area contributed by atoms with Crippen molar-refractivity contribution in [2.24, 2.45) is 0 Å². The highest BCUT2D eigenvalue weighted by molar-refractivity contribution is 5.98. The molecule has 0 aromatic carbocycles. The predicted molar refractivity (Wildman–Crippen MR) is 82.7 cm³/mol. The number of rotatable bonds is 4. The summed E-state index contributed by atoms with van der Waals surface area (Å²) in [7, 11) is 1.54. The average Bonchev–Trinajstić information content (AvgIpc) is 2.93. The zero-order chi connectivity index (χ0) is 16.4. The lowest BCUT2D eigenvalue weighted by atomic mass is 10.1. The summed E-state index contributed by atoms with van der Waals surface area (Å²) >= 11 is 0. The summed E-state index contributed by atoms with van der Waals surface area (Å²) < 4.78 is 17.9. The Kier molecular flexibility index (Phi) is 4.18. The van der Waals surface area contributed by atoms with Crippen molar-refractivity contribution in [2.75, 3.05) is 13.7 Å². The Bertz CT molecular complexity index is 726. The molecule has 0 radical (unpaired) electrons. The van der Waals surface area contributed by atoms with Gasteiger partial charge in [-0.15, -0.1) is 0 Å². The van der Waals surface area contributed by atoms with Crippen LogP contribution in [0, 0.1) is 0 Å². The molecule has 3 heterocycles. The van der Waals surface area contributed by atoms with Crippen LogP contribution in [0.4, 0.5) is 0 Å². The number of pyridine rings is 1. The van der Waals surface area contributed by atoms with Crippen molar-refractivity contribution in [2.45, 2.75) is 32.9 Å². The summed E-state index contributed by atoms with van der Waals surface area (Å²) in [6, 6.07) is 3.52. The van der Waals surface area contributed by atoms with Gasteiger partial charge < -0.3 is 14.2 Å². The fourth-order valence-corrected chi connectivity index (χ4v) is 2.53. The number of aryl methyl sites for hydroxylation is 1. The first-order valence-electron chi connectivity index (χ1n) is 7.59. The molecule has 0 bridgehead atoms. The molecule has 0 fully saturated rings. The molecule has 0 spiro atoms. The number of nitrogens with zero attached hydrogens (tertiary/aromatic N) is 3. The number of methoxy groups -OCH3 is 1. The van der Waals surface area contributed by atoms with Gasteiger partial charge in [0.1, 0.15) is 11.3 Å². The molecule has 7 nitrogen and oxygen atoms in total. The molecule has 23 heavy (non-hydrogen) atoms. The van der Waals surface area contributed by atoms with Gasteiger partial charge in [-0.2, -0.15) is 5.10 Å². The van der Waals surface area contributed by atoms with Gasteiger partial charge in [-0.1, -0.05) is 0 Å². The van der Waals surface area contributed by atoms with Crippen LogP contribution in [-0.2, 0) is 11.3 Å². The van der Waals surface area contributed by atoms with Crippen LogP contribution >= 0.6 is 0 Å². The number of fused-ring (bicyclic) bond motifs is 1. The number of carbonyl (C=O) groups is 1. The molecule has 7 heteroatoms. The molecule has 0 saturated carbocycles. The molecule has 0 amide bonds. The maximum absolute atomic E-state index is 12.4. The third kappa shape index (κ3) is 2.86. The first-order valence-corrected chi connectivity index (χ1v) is 7.59. The van der Waals surface area contributed by atoms with Gasteiger partial charge in [-0.05, 0) is 19.9 Å². The maximum atomic E-state index is 12.4. The highest BCUT2D eigenvalue weighted by Gasteiger charge is 2.31. The maximum Gasteiger partial charge on any atom is 0.345 e. The Morgan fingerprint density at radius 3 is 3.09 bits per heavy atom. The quantitative estimate of drug-likeness (QED) is 0.806. The third-order valence-corrected chi connectivity index (χ3v) is 3.66. The molecular formula is C16H19N3O4. The van der Waals surface area contributed by atoms with E-state index >= 15 is 0 Å². The summed E-state index contributed by atoms with van der Waals surface area (Å²) in [5, 5.41) is 4.54. The molecule has 2 aromatic heterocycles. The van der Waals surface area contributed by atoms with E-state index in [9.17, 15) is 4.79 Å². The predicted octanol–water partition coefficient (Wildman–Crippen LogP) is 2.30. The van der Waals surface area contributed by atoms with Crippen molar-refractivity contribution in [1.82, 2.24) is 14.8 Å². The van der Waals surface area contributed by atoms with Crippen molar-refractivity contribution >= 4 is 5.97 Å². The molecule has 3 rings (SSSR count). The van der Waals surface area contributed by atoms with E-state index in [0.717, 1.165) is 12.0 Å². The Labute approximate surface area is 134 Å². The van der Waals surface area contributed by atoms with Crippen molar-refractivity contribution in [1.29, 1.82) is 0 Å². The van der Waals surface area contributed by atoms with Gasteiger partial charge in [0, 0.05) is 30.8 Å². The monoisotopic (exact) mass is 317 g/mol. The van der Waals surface area contributed by atoms with Crippen LogP contribution in [0.3, 0.4) is 0 Å². The van der Waals surface area contributed by atoms with Crippen LogP contribution < -0.4 is 9.47 Å². The van der Waals surface area contributed by atoms with Crippen molar-refractivity contribution in [3.05, 3.63) is 23.9 Å². The Morgan fingerprint density at radius 1 is 1.52 bits per heavy atom. The Hall–Kier alpha value is -2.57. The lowest BCUT2D eigenvalue weighted by molar-refractivity contribution is 0.0515. The zero-order valence-electron chi connectivity index (χ0n) is 13.4. The lowest BCUT2D eigenvalue weighted by Crippen LogP contribution is -2.24. The topological polar surface area (TPSA) is 75.5 Å². The van der Waals surface area contributed by atoms with E-state index in [4.69, 9.17) is 14.2 Å². The molecule has 122 valence electrons. The van der Waals surface area contributed by atoms with E-state index in [1.807, 2.05) is 6.92 Å². The summed E-state index contributed by atoms with van der Waals surface area (Å²) in [5.74, 6) is 0.485. The zero-order valence-corrected chi connectivity index (χ0v) is 13.4. The van der Waals surface area contributed by atoms with Crippen LogP contribution in [0.25, 0.3) is 11.3 Å². The fourth-order valence-electron chi connectivity index (χ4n) is 2.53. The van der Waals surface area contributed by atoms with E-state index < -0.39 is 5.97 Å². The Balaban J connectivity index is 2.13. The highest BCUT2D eigenvalue weighted by Crippen LogP contribution is 2.35. The molecule has 1 atom stereocenters. The molecule has 0 aliphatic carbocycles. The summed E-state index contributed by atoms with van der Waals surface area (Å²) in [4.78, 5) is 16.5. The minimum Gasteiger partial charge on any atom is -0.481 e. The normalized spacial score (nSPS) is 16.4. The van der Waals surface area contributed by atoms with Crippen LogP contribution in [-0.4, -0.2) is 40.6 Å². The molecule has 1 aliphatic rings.